The third-order valence-electron chi connectivity index (χ3n) is 4.04. The molecule has 0 radical (unpaired) electrons. The summed E-state index contributed by atoms with van der Waals surface area (Å²) >= 11 is 0. The van der Waals surface area contributed by atoms with Crippen LogP contribution >= 0.6 is 0 Å². The maximum absolute atomic E-state index is 12.4. The van der Waals surface area contributed by atoms with Crippen molar-refractivity contribution < 1.29 is 9.59 Å². The Morgan fingerprint density at radius 1 is 1.04 bits per heavy atom. The fraction of sp³-hybridized carbons (Fsp3) is 0.0588. The van der Waals surface area contributed by atoms with Crippen molar-refractivity contribution in [3.05, 3.63) is 69.8 Å². The zero-order valence-electron chi connectivity index (χ0n) is 13.2. The van der Waals surface area contributed by atoms with Gasteiger partial charge < -0.3 is 5.73 Å². The van der Waals surface area contributed by atoms with Crippen LogP contribution in [0.3, 0.4) is 0 Å². The van der Waals surface area contributed by atoms with E-state index in [1.807, 2.05) is 13.1 Å². The Labute approximate surface area is 141 Å². The first kappa shape index (κ1) is 14.9. The van der Waals surface area contributed by atoms with E-state index in [4.69, 9.17) is 5.73 Å². The van der Waals surface area contributed by atoms with Crippen LogP contribution in [0.15, 0.2) is 47.5 Å². The van der Waals surface area contributed by atoms with Gasteiger partial charge in [0.15, 0.2) is 0 Å². The molecule has 1 aliphatic rings. The molecule has 0 saturated carbocycles. The van der Waals surface area contributed by atoms with Crippen LogP contribution in [0.4, 0.5) is 5.82 Å². The molecule has 8 nitrogen and oxygen atoms in total. The molecule has 3 N–H and O–H groups in total. The lowest BCUT2D eigenvalue weighted by molar-refractivity contribution is 0.0880. The number of anilines is 1. The highest BCUT2D eigenvalue weighted by Gasteiger charge is 2.31. The maximum atomic E-state index is 12.4. The highest BCUT2D eigenvalue weighted by Crippen LogP contribution is 2.23. The summed E-state index contributed by atoms with van der Waals surface area (Å²) in [5, 5.41) is 6.36. The molecule has 1 aromatic carbocycles. The number of aryl methyl sites for hydroxylation is 1. The monoisotopic (exact) mass is 335 g/mol. The van der Waals surface area contributed by atoms with Gasteiger partial charge in [0.05, 0.1) is 28.7 Å². The zero-order chi connectivity index (χ0) is 17.7. The third kappa shape index (κ3) is 2.23. The Morgan fingerprint density at radius 3 is 2.36 bits per heavy atom. The average molecular weight is 335 g/mol. The minimum absolute atomic E-state index is 0.00684. The van der Waals surface area contributed by atoms with E-state index in [-0.39, 0.29) is 16.9 Å². The number of pyridine rings is 1. The molecule has 0 fully saturated rings. The lowest BCUT2D eigenvalue weighted by Gasteiger charge is -2.12. The SMILES string of the molecule is Cc1cnn(-c2ccc(-n3c(N)c4c(cc3=O)C(=O)NC4=O)cc2)c1. The number of imide groups is 1. The summed E-state index contributed by atoms with van der Waals surface area (Å²) in [7, 11) is 0. The van der Waals surface area contributed by atoms with Crippen molar-refractivity contribution in [3.63, 3.8) is 0 Å². The number of rotatable bonds is 2. The van der Waals surface area contributed by atoms with E-state index < -0.39 is 17.4 Å². The van der Waals surface area contributed by atoms with Gasteiger partial charge in [0.1, 0.15) is 5.82 Å². The molecule has 4 rings (SSSR count). The van der Waals surface area contributed by atoms with Gasteiger partial charge in [0.2, 0.25) is 0 Å². The minimum atomic E-state index is -0.611. The molecular formula is C17H13N5O3. The molecule has 3 aromatic rings. The number of hydrogen-bond acceptors (Lipinski definition) is 5. The van der Waals surface area contributed by atoms with E-state index in [0.29, 0.717) is 5.69 Å². The first-order valence-electron chi connectivity index (χ1n) is 7.49. The summed E-state index contributed by atoms with van der Waals surface area (Å²) in [4.78, 5) is 36.0. The Hall–Kier alpha value is -3.68. The number of benzene rings is 1. The number of carbonyl (C=O) groups is 2. The van der Waals surface area contributed by atoms with Crippen LogP contribution in [-0.2, 0) is 0 Å². The molecule has 3 heterocycles. The molecule has 124 valence electrons. The van der Waals surface area contributed by atoms with Crippen LogP contribution in [0.1, 0.15) is 26.3 Å². The van der Waals surface area contributed by atoms with Gasteiger partial charge in [0, 0.05) is 12.3 Å². The van der Waals surface area contributed by atoms with Crippen molar-refractivity contribution >= 4 is 17.6 Å². The van der Waals surface area contributed by atoms with E-state index in [0.717, 1.165) is 17.3 Å². The smallest absolute Gasteiger partial charge is 0.262 e. The van der Waals surface area contributed by atoms with Crippen LogP contribution in [-0.4, -0.2) is 26.2 Å². The number of nitrogens with one attached hydrogen (secondary N) is 1. The van der Waals surface area contributed by atoms with Gasteiger partial charge in [-0.2, -0.15) is 5.10 Å². The molecule has 2 aromatic heterocycles. The van der Waals surface area contributed by atoms with Crippen molar-refractivity contribution in [2.75, 3.05) is 5.73 Å². The number of amides is 2. The van der Waals surface area contributed by atoms with E-state index in [2.05, 4.69) is 10.4 Å². The van der Waals surface area contributed by atoms with Crippen molar-refractivity contribution in [2.24, 2.45) is 0 Å². The van der Waals surface area contributed by atoms with Gasteiger partial charge >= 0.3 is 0 Å². The first-order valence-corrected chi connectivity index (χ1v) is 7.49. The fourth-order valence-electron chi connectivity index (χ4n) is 2.85. The minimum Gasteiger partial charge on any atom is -0.384 e. The van der Waals surface area contributed by atoms with Gasteiger partial charge in [-0.1, -0.05) is 0 Å². The van der Waals surface area contributed by atoms with Gasteiger partial charge in [-0.3, -0.25) is 24.3 Å². The second kappa shape index (κ2) is 5.17. The number of nitrogens with zero attached hydrogens (tertiary/aromatic N) is 3. The van der Waals surface area contributed by atoms with Crippen molar-refractivity contribution in [2.45, 2.75) is 6.92 Å². The van der Waals surface area contributed by atoms with Gasteiger partial charge in [-0.15, -0.1) is 0 Å². The van der Waals surface area contributed by atoms with Crippen LogP contribution < -0.4 is 16.6 Å². The summed E-state index contributed by atoms with van der Waals surface area (Å²) in [5.41, 5.74) is 7.89. The quantitative estimate of drug-likeness (QED) is 0.673. The van der Waals surface area contributed by atoms with Crippen LogP contribution in [0, 0.1) is 6.92 Å². The largest absolute Gasteiger partial charge is 0.384 e. The molecule has 25 heavy (non-hydrogen) atoms. The van der Waals surface area contributed by atoms with E-state index in [1.165, 1.54) is 4.57 Å². The van der Waals surface area contributed by atoms with E-state index in [9.17, 15) is 14.4 Å². The van der Waals surface area contributed by atoms with Crippen LogP contribution in [0.2, 0.25) is 0 Å². The number of fused-ring (bicyclic) bond motifs is 1. The molecular weight excluding hydrogens is 322 g/mol. The number of carbonyl (C=O) groups excluding carboxylic acids is 2. The summed E-state index contributed by atoms with van der Waals surface area (Å²) in [6.07, 6.45) is 3.62. The van der Waals surface area contributed by atoms with Gasteiger partial charge in [0.25, 0.3) is 17.4 Å². The Bertz CT molecular complexity index is 1090. The average Bonchev–Trinajstić information content (AvgIpc) is 3.12. The highest BCUT2D eigenvalue weighted by molar-refractivity contribution is 6.23. The summed E-state index contributed by atoms with van der Waals surface area (Å²) in [5.74, 6) is -1.27. The fourth-order valence-corrected chi connectivity index (χ4v) is 2.85. The molecule has 2 amide bonds. The standard InChI is InChI=1S/C17H13N5O3/c1-9-7-19-21(8-9)10-2-4-11(5-3-10)22-13(23)6-12-14(15(22)18)17(25)20-16(12)24/h2-8H,18H2,1H3,(H,20,24,25). The predicted molar refractivity (Wildman–Crippen MR) is 90.1 cm³/mol. The second-order valence-electron chi connectivity index (χ2n) is 5.75. The maximum Gasteiger partial charge on any atom is 0.262 e. The number of hydrogen-bond donors (Lipinski definition) is 2. The van der Waals surface area contributed by atoms with E-state index >= 15 is 0 Å². The zero-order valence-corrected chi connectivity index (χ0v) is 13.2. The van der Waals surface area contributed by atoms with Crippen molar-refractivity contribution in [1.29, 1.82) is 0 Å². The van der Waals surface area contributed by atoms with Crippen LogP contribution in [0.25, 0.3) is 11.4 Å². The first-order chi connectivity index (χ1) is 12.0. The summed E-state index contributed by atoms with van der Waals surface area (Å²) < 4.78 is 2.91. The van der Waals surface area contributed by atoms with Crippen molar-refractivity contribution in [1.82, 2.24) is 19.7 Å². The lowest BCUT2D eigenvalue weighted by Crippen LogP contribution is -2.24. The molecule has 0 aliphatic carbocycles. The molecule has 0 bridgehead atoms. The van der Waals surface area contributed by atoms with Gasteiger partial charge in [-0.05, 0) is 36.8 Å². The number of nitrogen functional groups attached to an aromatic ring is 1. The Kier molecular flexibility index (Phi) is 3.08. The number of nitrogens with two attached hydrogens (primary N) is 1. The Morgan fingerprint density at radius 2 is 1.72 bits per heavy atom. The highest BCUT2D eigenvalue weighted by atomic mass is 16.2. The molecule has 0 saturated heterocycles. The number of aromatic nitrogens is 3. The summed E-state index contributed by atoms with van der Waals surface area (Å²) in [6.45, 7) is 1.94. The second-order valence-corrected chi connectivity index (χ2v) is 5.75. The van der Waals surface area contributed by atoms with E-state index in [1.54, 1.807) is 35.1 Å². The molecule has 0 unspecified atom stereocenters. The van der Waals surface area contributed by atoms with Crippen LogP contribution in [0.5, 0.6) is 0 Å². The molecule has 8 heteroatoms. The molecule has 0 atom stereocenters. The van der Waals surface area contributed by atoms with Crippen molar-refractivity contribution in [3.8, 4) is 11.4 Å². The molecule has 0 spiro atoms. The predicted octanol–water partition coefficient (Wildman–Crippen LogP) is 0.797. The lowest BCUT2D eigenvalue weighted by atomic mass is 10.1. The van der Waals surface area contributed by atoms with Gasteiger partial charge in [-0.25, -0.2) is 4.68 Å². The molecule has 1 aliphatic heterocycles. The Balaban J connectivity index is 1.83. The topological polar surface area (TPSA) is 112 Å². The summed E-state index contributed by atoms with van der Waals surface area (Å²) in [6, 6.07) is 8.09. The normalized spacial score (nSPS) is 13.0. The third-order valence-corrected chi connectivity index (χ3v) is 4.04.